The number of hydrogen-bond acceptors (Lipinski definition) is 3. The van der Waals surface area contributed by atoms with E-state index >= 15 is 0 Å². The van der Waals surface area contributed by atoms with E-state index in [1.165, 1.54) is 19.3 Å². The minimum absolute atomic E-state index is 0.415. The zero-order valence-corrected chi connectivity index (χ0v) is 9.34. The maximum absolute atomic E-state index is 10.3. The molecular weight excluding hydrogens is 176 g/mol. The highest BCUT2D eigenvalue weighted by Gasteiger charge is 2.29. The second kappa shape index (κ2) is 5.69. The first kappa shape index (κ1) is 12.0. The molecule has 14 heavy (non-hydrogen) atoms. The molecule has 1 rings (SSSR count). The van der Waals surface area contributed by atoms with Crippen LogP contribution in [0.2, 0.25) is 0 Å². The SMILES string of the molecule is CN(CCCN)CC1(O)CCCCC1. The second-order valence-electron chi connectivity index (χ2n) is 4.67. The first-order valence-corrected chi connectivity index (χ1v) is 5.77. The van der Waals surface area contributed by atoms with Gasteiger partial charge in [0.15, 0.2) is 0 Å². The van der Waals surface area contributed by atoms with Crippen LogP contribution in [0.4, 0.5) is 0 Å². The van der Waals surface area contributed by atoms with Crippen LogP contribution >= 0.6 is 0 Å². The summed E-state index contributed by atoms with van der Waals surface area (Å²) in [6.45, 7) is 2.55. The molecule has 3 N–H and O–H groups in total. The lowest BCUT2D eigenvalue weighted by Gasteiger charge is -2.35. The summed E-state index contributed by atoms with van der Waals surface area (Å²) >= 11 is 0. The Morgan fingerprint density at radius 3 is 2.50 bits per heavy atom. The minimum atomic E-state index is -0.415. The molecule has 3 heteroatoms. The zero-order chi connectivity index (χ0) is 10.4. The highest BCUT2D eigenvalue weighted by atomic mass is 16.3. The second-order valence-corrected chi connectivity index (χ2v) is 4.67. The van der Waals surface area contributed by atoms with E-state index in [-0.39, 0.29) is 0 Å². The first-order chi connectivity index (χ1) is 6.66. The Kier molecular flexibility index (Phi) is 4.85. The van der Waals surface area contributed by atoms with Crippen LogP contribution in [-0.4, -0.2) is 42.3 Å². The van der Waals surface area contributed by atoms with Gasteiger partial charge in [-0.2, -0.15) is 0 Å². The Balaban J connectivity index is 2.25. The van der Waals surface area contributed by atoms with Crippen LogP contribution < -0.4 is 5.73 Å². The average Bonchev–Trinajstić information content (AvgIpc) is 2.15. The third-order valence-corrected chi connectivity index (χ3v) is 3.09. The Hall–Kier alpha value is -0.120. The summed E-state index contributed by atoms with van der Waals surface area (Å²) in [6.07, 6.45) is 6.61. The highest BCUT2D eigenvalue weighted by molar-refractivity contribution is 4.84. The molecule has 84 valence electrons. The van der Waals surface area contributed by atoms with Crippen molar-refractivity contribution in [3.05, 3.63) is 0 Å². The number of rotatable bonds is 5. The summed E-state index contributed by atoms with van der Waals surface area (Å²) in [5, 5.41) is 10.3. The van der Waals surface area contributed by atoms with Crippen LogP contribution in [-0.2, 0) is 0 Å². The monoisotopic (exact) mass is 200 g/mol. The van der Waals surface area contributed by atoms with Crippen LogP contribution in [0.1, 0.15) is 38.5 Å². The molecule has 0 atom stereocenters. The van der Waals surface area contributed by atoms with Gasteiger partial charge in [-0.1, -0.05) is 19.3 Å². The van der Waals surface area contributed by atoms with Crippen LogP contribution in [0, 0.1) is 0 Å². The Labute approximate surface area is 87.3 Å². The molecule has 0 radical (unpaired) electrons. The third kappa shape index (κ3) is 3.95. The van der Waals surface area contributed by atoms with Gasteiger partial charge < -0.3 is 15.7 Å². The van der Waals surface area contributed by atoms with Crippen molar-refractivity contribution < 1.29 is 5.11 Å². The Bertz CT molecular complexity index is 155. The van der Waals surface area contributed by atoms with E-state index in [1.54, 1.807) is 0 Å². The molecule has 3 nitrogen and oxygen atoms in total. The lowest BCUT2D eigenvalue weighted by atomic mass is 9.84. The molecule has 1 aliphatic carbocycles. The van der Waals surface area contributed by atoms with Crippen molar-refractivity contribution in [2.24, 2.45) is 5.73 Å². The van der Waals surface area contributed by atoms with Gasteiger partial charge in [-0.15, -0.1) is 0 Å². The largest absolute Gasteiger partial charge is 0.389 e. The smallest absolute Gasteiger partial charge is 0.0774 e. The standard InChI is InChI=1S/C11H24N2O/c1-13(9-5-8-12)10-11(14)6-3-2-4-7-11/h14H,2-10,12H2,1H3. The summed E-state index contributed by atoms with van der Waals surface area (Å²) < 4.78 is 0. The molecule has 1 fully saturated rings. The van der Waals surface area contributed by atoms with Gasteiger partial charge in [0.2, 0.25) is 0 Å². The van der Waals surface area contributed by atoms with Gasteiger partial charge in [0.05, 0.1) is 5.60 Å². The average molecular weight is 200 g/mol. The predicted octanol–water partition coefficient (Wildman–Crippen LogP) is 0.962. The van der Waals surface area contributed by atoms with Crippen molar-refractivity contribution in [3.8, 4) is 0 Å². The van der Waals surface area contributed by atoms with E-state index in [4.69, 9.17) is 5.73 Å². The Morgan fingerprint density at radius 2 is 1.93 bits per heavy atom. The number of nitrogens with zero attached hydrogens (tertiary/aromatic N) is 1. The normalized spacial score (nSPS) is 21.4. The van der Waals surface area contributed by atoms with E-state index in [9.17, 15) is 5.11 Å². The van der Waals surface area contributed by atoms with Crippen molar-refractivity contribution in [1.82, 2.24) is 4.90 Å². The highest BCUT2D eigenvalue weighted by Crippen LogP contribution is 2.28. The maximum atomic E-state index is 10.3. The summed E-state index contributed by atoms with van der Waals surface area (Å²) in [5.74, 6) is 0. The van der Waals surface area contributed by atoms with E-state index in [2.05, 4.69) is 11.9 Å². The number of aliphatic hydroxyl groups is 1. The molecule has 0 aliphatic heterocycles. The summed E-state index contributed by atoms with van der Waals surface area (Å²) in [7, 11) is 2.07. The van der Waals surface area contributed by atoms with Crippen molar-refractivity contribution in [1.29, 1.82) is 0 Å². The van der Waals surface area contributed by atoms with Gasteiger partial charge in [-0.25, -0.2) is 0 Å². The van der Waals surface area contributed by atoms with E-state index in [0.29, 0.717) is 0 Å². The molecule has 0 spiro atoms. The van der Waals surface area contributed by atoms with Gasteiger partial charge >= 0.3 is 0 Å². The number of likely N-dealkylation sites (N-methyl/N-ethyl adjacent to an activating group) is 1. The van der Waals surface area contributed by atoms with Crippen molar-refractivity contribution in [3.63, 3.8) is 0 Å². The van der Waals surface area contributed by atoms with Crippen LogP contribution in [0.15, 0.2) is 0 Å². The lowest BCUT2D eigenvalue weighted by molar-refractivity contribution is -0.0208. The van der Waals surface area contributed by atoms with E-state index in [1.807, 2.05) is 0 Å². The van der Waals surface area contributed by atoms with Crippen molar-refractivity contribution in [2.45, 2.75) is 44.1 Å². The molecule has 1 aliphatic rings. The lowest BCUT2D eigenvalue weighted by Crippen LogP contribution is -2.43. The predicted molar refractivity (Wildman–Crippen MR) is 59.2 cm³/mol. The molecule has 0 saturated heterocycles. The summed E-state index contributed by atoms with van der Waals surface area (Å²) in [5.41, 5.74) is 5.04. The van der Waals surface area contributed by atoms with E-state index < -0.39 is 5.60 Å². The molecule has 0 aromatic carbocycles. The minimum Gasteiger partial charge on any atom is -0.389 e. The van der Waals surface area contributed by atoms with Gasteiger partial charge in [0.25, 0.3) is 0 Å². The third-order valence-electron chi connectivity index (χ3n) is 3.09. The molecule has 0 aromatic rings. The number of hydrogen-bond donors (Lipinski definition) is 2. The molecular formula is C11H24N2O. The van der Waals surface area contributed by atoms with E-state index in [0.717, 1.165) is 38.9 Å². The molecule has 0 bridgehead atoms. The van der Waals surface area contributed by atoms with Gasteiger partial charge in [-0.05, 0) is 39.4 Å². The van der Waals surface area contributed by atoms with Crippen LogP contribution in [0.25, 0.3) is 0 Å². The van der Waals surface area contributed by atoms with Gasteiger partial charge in [0, 0.05) is 6.54 Å². The zero-order valence-electron chi connectivity index (χ0n) is 9.34. The first-order valence-electron chi connectivity index (χ1n) is 5.77. The summed E-state index contributed by atoms with van der Waals surface area (Å²) in [4.78, 5) is 2.21. The number of nitrogens with two attached hydrogens (primary N) is 1. The molecule has 0 heterocycles. The molecule has 0 aromatic heterocycles. The topological polar surface area (TPSA) is 49.5 Å². The Morgan fingerprint density at radius 1 is 1.29 bits per heavy atom. The van der Waals surface area contributed by atoms with Crippen molar-refractivity contribution in [2.75, 3.05) is 26.7 Å². The van der Waals surface area contributed by atoms with Gasteiger partial charge in [0.1, 0.15) is 0 Å². The fraction of sp³-hybridized carbons (Fsp3) is 1.00. The van der Waals surface area contributed by atoms with Crippen molar-refractivity contribution >= 4 is 0 Å². The summed E-state index contributed by atoms with van der Waals surface area (Å²) in [6, 6.07) is 0. The molecule has 1 saturated carbocycles. The fourth-order valence-electron chi connectivity index (χ4n) is 2.31. The maximum Gasteiger partial charge on any atom is 0.0774 e. The van der Waals surface area contributed by atoms with Crippen LogP contribution in [0.3, 0.4) is 0 Å². The molecule has 0 unspecified atom stereocenters. The quantitative estimate of drug-likeness (QED) is 0.695. The molecule has 0 amide bonds. The van der Waals surface area contributed by atoms with Crippen LogP contribution in [0.5, 0.6) is 0 Å². The van der Waals surface area contributed by atoms with Gasteiger partial charge in [-0.3, -0.25) is 0 Å². The fourth-order valence-corrected chi connectivity index (χ4v) is 2.31.